The summed E-state index contributed by atoms with van der Waals surface area (Å²) in [6.45, 7) is 3.05. The SMILES string of the molecule is O=C(O)C1CCN(c2cc(NCC3CCCO3)ncn2)CC1. The molecule has 120 valence electrons. The van der Waals surface area contributed by atoms with Crippen molar-refractivity contribution in [3.05, 3.63) is 12.4 Å². The maximum absolute atomic E-state index is 11.0. The van der Waals surface area contributed by atoms with Crippen molar-refractivity contribution in [1.29, 1.82) is 0 Å². The third-order valence-electron chi connectivity index (χ3n) is 4.36. The largest absolute Gasteiger partial charge is 0.481 e. The molecule has 1 atom stereocenters. The van der Waals surface area contributed by atoms with E-state index in [1.807, 2.05) is 6.07 Å². The molecule has 0 spiro atoms. The van der Waals surface area contributed by atoms with Gasteiger partial charge in [0.1, 0.15) is 18.0 Å². The molecule has 7 nitrogen and oxygen atoms in total. The first-order valence-corrected chi connectivity index (χ1v) is 7.87. The number of nitrogens with zero attached hydrogens (tertiary/aromatic N) is 3. The van der Waals surface area contributed by atoms with Crippen LogP contribution >= 0.6 is 0 Å². The van der Waals surface area contributed by atoms with Crippen LogP contribution in [-0.4, -0.2) is 53.4 Å². The van der Waals surface area contributed by atoms with E-state index in [9.17, 15) is 4.79 Å². The molecule has 1 aromatic heterocycles. The molecule has 2 fully saturated rings. The molecule has 1 unspecified atom stereocenters. The first kappa shape index (κ1) is 15.0. The molecule has 22 heavy (non-hydrogen) atoms. The lowest BCUT2D eigenvalue weighted by molar-refractivity contribution is -0.142. The number of aromatic nitrogens is 2. The zero-order chi connectivity index (χ0) is 15.4. The van der Waals surface area contributed by atoms with Gasteiger partial charge in [0.2, 0.25) is 0 Å². The van der Waals surface area contributed by atoms with Gasteiger partial charge in [-0.15, -0.1) is 0 Å². The van der Waals surface area contributed by atoms with Crippen LogP contribution in [0.5, 0.6) is 0 Å². The summed E-state index contributed by atoms with van der Waals surface area (Å²) in [7, 11) is 0. The number of ether oxygens (including phenoxy) is 1. The number of carboxylic acids is 1. The number of anilines is 2. The van der Waals surface area contributed by atoms with Gasteiger partial charge in [-0.2, -0.15) is 0 Å². The third kappa shape index (κ3) is 3.65. The quantitative estimate of drug-likeness (QED) is 0.849. The van der Waals surface area contributed by atoms with E-state index in [1.165, 1.54) is 0 Å². The lowest BCUT2D eigenvalue weighted by Gasteiger charge is -2.31. The number of hydrogen-bond acceptors (Lipinski definition) is 6. The lowest BCUT2D eigenvalue weighted by Crippen LogP contribution is -2.36. The Balaban J connectivity index is 1.55. The Morgan fingerprint density at radius 3 is 2.86 bits per heavy atom. The summed E-state index contributed by atoms with van der Waals surface area (Å²) in [6.07, 6.45) is 5.37. The average molecular weight is 306 g/mol. The summed E-state index contributed by atoms with van der Waals surface area (Å²) in [5, 5.41) is 12.3. The van der Waals surface area contributed by atoms with Gasteiger partial charge in [0.25, 0.3) is 0 Å². The summed E-state index contributed by atoms with van der Waals surface area (Å²) in [6, 6.07) is 1.93. The van der Waals surface area contributed by atoms with Crippen molar-refractivity contribution >= 4 is 17.6 Å². The van der Waals surface area contributed by atoms with Crippen LogP contribution in [0.2, 0.25) is 0 Å². The van der Waals surface area contributed by atoms with Crippen LogP contribution in [0.1, 0.15) is 25.7 Å². The Morgan fingerprint density at radius 1 is 1.36 bits per heavy atom. The average Bonchev–Trinajstić information content (AvgIpc) is 3.07. The highest BCUT2D eigenvalue weighted by Crippen LogP contribution is 2.23. The van der Waals surface area contributed by atoms with Crippen LogP contribution in [0.4, 0.5) is 11.6 Å². The monoisotopic (exact) mass is 306 g/mol. The van der Waals surface area contributed by atoms with E-state index in [1.54, 1.807) is 6.33 Å². The Kier molecular flexibility index (Phi) is 4.72. The minimum Gasteiger partial charge on any atom is -0.481 e. The summed E-state index contributed by atoms with van der Waals surface area (Å²) in [5.41, 5.74) is 0. The van der Waals surface area contributed by atoms with Crippen molar-refractivity contribution in [2.75, 3.05) is 36.5 Å². The first-order valence-electron chi connectivity index (χ1n) is 7.87. The van der Waals surface area contributed by atoms with E-state index >= 15 is 0 Å². The molecule has 2 aliphatic heterocycles. The van der Waals surface area contributed by atoms with Crippen LogP contribution in [0, 0.1) is 5.92 Å². The molecule has 2 N–H and O–H groups in total. The molecule has 3 heterocycles. The van der Waals surface area contributed by atoms with E-state index in [-0.39, 0.29) is 12.0 Å². The summed E-state index contributed by atoms with van der Waals surface area (Å²) in [5.74, 6) is 0.728. The van der Waals surface area contributed by atoms with E-state index < -0.39 is 5.97 Å². The van der Waals surface area contributed by atoms with E-state index in [0.717, 1.165) is 50.7 Å². The minimum atomic E-state index is -0.693. The number of aliphatic carboxylic acids is 1. The molecule has 2 aliphatic rings. The molecule has 2 saturated heterocycles. The number of nitrogens with one attached hydrogen (secondary N) is 1. The Labute approximate surface area is 129 Å². The summed E-state index contributed by atoms with van der Waals surface area (Å²) >= 11 is 0. The molecule has 0 aromatic carbocycles. The van der Waals surface area contributed by atoms with E-state index in [0.29, 0.717) is 12.8 Å². The fraction of sp³-hybridized carbons (Fsp3) is 0.667. The van der Waals surface area contributed by atoms with Gasteiger partial charge >= 0.3 is 5.97 Å². The predicted molar refractivity (Wildman–Crippen MR) is 82.1 cm³/mol. The predicted octanol–water partition coefficient (Wildman–Crippen LogP) is 1.37. The van der Waals surface area contributed by atoms with Gasteiger partial charge in [0.15, 0.2) is 0 Å². The van der Waals surface area contributed by atoms with Crippen molar-refractivity contribution in [3.63, 3.8) is 0 Å². The van der Waals surface area contributed by atoms with Crippen molar-refractivity contribution in [3.8, 4) is 0 Å². The Hall–Kier alpha value is -1.89. The maximum atomic E-state index is 11.0. The van der Waals surface area contributed by atoms with Gasteiger partial charge in [-0.1, -0.05) is 0 Å². The van der Waals surface area contributed by atoms with Crippen molar-refractivity contribution in [1.82, 2.24) is 9.97 Å². The van der Waals surface area contributed by atoms with E-state index in [2.05, 4.69) is 20.2 Å². The van der Waals surface area contributed by atoms with E-state index in [4.69, 9.17) is 9.84 Å². The fourth-order valence-corrected chi connectivity index (χ4v) is 3.00. The van der Waals surface area contributed by atoms with Crippen molar-refractivity contribution in [2.45, 2.75) is 31.8 Å². The molecule has 0 saturated carbocycles. The molecule has 3 rings (SSSR count). The number of carbonyl (C=O) groups is 1. The fourth-order valence-electron chi connectivity index (χ4n) is 3.00. The number of hydrogen-bond donors (Lipinski definition) is 2. The summed E-state index contributed by atoms with van der Waals surface area (Å²) in [4.78, 5) is 21.7. The molecular formula is C15H22N4O3. The second-order valence-electron chi connectivity index (χ2n) is 5.88. The topological polar surface area (TPSA) is 87.6 Å². The third-order valence-corrected chi connectivity index (χ3v) is 4.36. The molecule has 0 bridgehead atoms. The van der Waals surface area contributed by atoms with Crippen LogP contribution < -0.4 is 10.2 Å². The highest BCUT2D eigenvalue weighted by atomic mass is 16.5. The van der Waals surface area contributed by atoms with Crippen LogP contribution in [0.15, 0.2) is 12.4 Å². The van der Waals surface area contributed by atoms with Gasteiger partial charge in [-0.05, 0) is 25.7 Å². The zero-order valence-electron chi connectivity index (χ0n) is 12.6. The second-order valence-corrected chi connectivity index (χ2v) is 5.88. The van der Waals surface area contributed by atoms with Crippen LogP contribution in [0.3, 0.4) is 0 Å². The number of rotatable bonds is 5. The van der Waals surface area contributed by atoms with Crippen LogP contribution in [-0.2, 0) is 9.53 Å². The molecular weight excluding hydrogens is 284 g/mol. The smallest absolute Gasteiger partial charge is 0.306 e. The molecule has 0 aliphatic carbocycles. The lowest BCUT2D eigenvalue weighted by atomic mass is 9.97. The summed E-state index contributed by atoms with van der Waals surface area (Å²) < 4.78 is 5.58. The van der Waals surface area contributed by atoms with Gasteiger partial charge in [0.05, 0.1) is 12.0 Å². The van der Waals surface area contributed by atoms with Crippen molar-refractivity contribution < 1.29 is 14.6 Å². The number of piperidine rings is 1. The standard InChI is InChI=1S/C15H22N4O3/c20-15(21)11-3-5-19(6-4-11)14-8-13(17-10-18-14)16-9-12-2-1-7-22-12/h8,10-12H,1-7,9H2,(H,20,21)(H,16,17,18). The van der Waals surface area contributed by atoms with Gasteiger partial charge in [-0.3, -0.25) is 4.79 Å². The van der Waals surface area contributed by atoms with Crippen LogP contribution in [0.25, 0.3) is 0 Å². The normalized spacial score (nSPS) is 22.7. The molecule has 0 amide bonds. The highest BCUT2D eigenvalue weighted by molar-refractivity contribution is 5.70. The first-order chi connectivity index (χ1) is 10.7. The second kappa shape index (κ2) is 6.91. The molecule has 7 heteroatoms. The minimum absolute atomic E-state index is 0.227. The highest BCUT2D eigenvalue weighted by Gasteiger charge is 2.25. The number of carboxylic acid groups (broad SMARTS) is 1. The molecule has 0 radical (unpaired) electrons. The van der Waals surface area contributed by atoms with Gasteiger partial charge in [0, 0.05) is 32.3 Å². The zero-order valence-corrected chi connectivity index (χ0v) is 12.6. The Morgan fingerprint density at radius 2 is 2.18 bits per heavy atom. The van der Waals surface area contributed by atoms with Gasteiger partial charge < -0.3 is 20.1 Å². The maximum Gasteiger partial charge on any atom is 0.306 e. The van der Waals surface area contributed by atoms with Gasteiger partial charge in [-0.25, -0.2) is 9.97 Å². The van der Waals surface area contributed by atoms with Crippen molar-refractivity contribution in [2.24, 2.45) is 5.92 Å². The Bertz CT molecular complexity index is 511. The molecule has 1 aromatic rings.